The number of pyridine rings is 1. The average molecular weight is 284 g/mol. The summed E-state index contributed by atoms with van der Waals surface area (Å²) in [4.78, 5) is 12.7. The normalized spacial score (nSPS) is 11.2. The van der Waals surface area contributed by atoms with E-state index in [1.807, 2.05) is 25.3 Å². The van der Waals surface area contributed by atoms with Crippen LogP contribution in [-0.2, 0) is 6.54 Å². The molecule has 0 fully saturated rings. The molecule has 0 atom stereocenters. The van der Waals surface area contributed by atoms with E-state index in [2.05, 4.69) is 38.1 Å². The van der Waals surface area contributed by atoms with Gasteiger partial charge in [0.15, 0.2) is 0 Å². The molecule has 3 heteroatoms. The van der Waals surface area contributed by atoms with Crippen molar-refractivity contribution >= 4 is 0 Å². The molecule has 0 aliphatic carbocycles. The number of aromatic nitrogens is 1. The summed E-state index contributed by atoms with van der Waals surface area (Å²) in [6.07, 6.45) is 0. The molecular weight excluding hydrogens is 260 g/mol. The summed E-state index contributed by atoms with van der Waals surface area (Å²) in [5, 5.41) is 0. The van der Waals surface area contributed by atoms with Gasteiger partial charge in [-0.15, -0.1) is 0 Å². The maximum absolute atomic E-state index is 12.7. The molecule has 0 saturated carbocycles. The summed E-state index contributed by atoms with van der Waals surface area (Å²) < 4.78 is 1.86. The average Bonchev–Trinajstić information content (AvgIpc) is 2.40. The predicted molar refractivity (Wildman–Crippen MR) is 88.6 cm³/mol. The highest BCUT2D eigenvalue weighted by atomic mass is 16.1. The lowest BCUT2D eigenvalue weighted by molar-refractivity contribution is 0.578. The summed E-state index contributed by atoms with van der Waals surface area (Å²) in [7, 11) is 0. The van der Waals surface area contributed by atoms with E-state index in [0.29, 0.717) is 5.56 Å². The molecule has 21 heavy (non-hydrogen) atoms. The smallest absolute Gasteiger partial charge is 0.256 e. The minimum atomic E-state index is 0.0309. The minimum Gasteiger partial charge on any atom is -0.326 e. The van der Waals surface area contributed by atoms with Gasteiger partial charge in [0.1, 0.15) is 0 Å². The zero-order valence-electron chi connectivity index (χ0n) is 13.5. The van der Waals surface area contributed by atoms with E-state index in [9.17, 15) is 4.79 Å². The Balaban J connectivity index is 2.86. The first kappa shape index (κ1) is 15.5. The van der Waals surface area contributed by atoms with Gasteiger partial charge in [-0.05, 0) is 57.9 Å². The van der Waals surface area contributed by atoms with Crippen molar-refractivity contribution in [1.29, 1.82) is 0 Å². The SMILES string of the molecule is Cc1ccc(C)c(-c2cc(C)c(CN)c(=O)n2C(C)C)c1. The van der Waals surface area contributed by atoms with Crippen molar-refractivity contribution in [3.8, 4) is 11.3 Å². The number of aryl methyl sites for hydroxylation is 3. The first-order valence-corrected chi connectivity index (χ1v) is 7.39. The molecule has 0 radical (unpaired) electrons. The Labute approximate surface area is 126 Å². The first-order valence-electron chi connectivity index (χ1n) is 7.39. The standard InChI is InChI=1S/C18H24N2O/c1-11(2)20-17(9-14(5)16(10-19)18(20)21)15-8-12(3)6-7-13(15)4/h6-9,11H,10,19H2,1-5H3. The van der Waals surface area contributed by atoms with Gasteiger partial charge in [0.05, 0.1) is 5.69 Å². The van der Waals surface area contributed by atoms with Gasteiger partial charge in [0.25, 0.3) is 5.56 Å². The van der Waals surface area contributed by atoms with Crippen LogP contribution in [0.5, 0.6) is 0 Å². The Morgan fingerprint density at radius 3 is 2.33 bits per heavy atom. The second-order valence-electron chi connectivity index (χ2n) is 5.98. The lowest BCUT2D eigenvalue weighted by Crippen LogP contribution is -2.29. The predicted octanol–water partition coefficient (Wildman–Crippen LogP) is 3.48. The third-order valence-corrected chi connectivity index (χ3v) is 3.96. The number of hydrogen-bond donors (Lipinski definition) is 1. The van der Waals surface area contributed by atoms with Crippen LogP contribution in [0.4, 0.5) is 0 Å². The van der Waals surface area contributed by atoms with Gasteiger partial charge in [0.2, 0.25) is 0 Å². The molecule has 0 unspecified atom stereocenters. The van der Waals surface area contributed by atoms with E-state index in [-0.39, 0.29) is 18.1 Å². The van der Waals surface area contributed by atoms with Gasteiger partial charge < -0.3 is 10.3 Å². The number of nitrogens with two attached hydrogens (primary N) is 1. The molecule has 0 saturated heterocycles. The van der Waals surface area contributed by atoms with Crippen molar-refractivity contribution in [2.24, 2.45) is 5.73 Å². The molecular formula is C18H24N2O. The fourth-order valence-corrected chi connectivity index (χ4v) is 2.77. The van der Waals surface area contributed by atoms with Crippen LogP contribution in [-0.4, -0.2) is 4.57 Å². The monoisotopic (exact) mass is 284 g/mol. The molecule has 1 aromatic carbocycles. The van der Waals surface area contributed by atoms with Crippen LogP contribution in [0.3, 0.4) is 0 Å². The largest absolute Gasteiger partial charge is 0.326 e. The third-order valence-electron chi connectivity index (χ3n) is 3.96. The van der Waals surface area contributed by atoms with Crippen LogP contribution in [0, 0.1) is 20.8 Å². The molecule has 112 valence electrons. The quantitative estimate of drug-likeness (QED) is 0.938. The summed E-state index contributed by atoms with van der Waals surface area (Å²) >= 11 is 0. The fourth-order valence-electron chi connectivity index (χ4n) is 2.77. The van der Waals surface area contributed by atoms with Crippen LogP contribution in [0.1, 0.15) is 42.1 Å². The van der Waals surface area contributed by atoms with E-state index in [1.165, 1.54) is 11.1 Å². The number of rotatable bonds is 3. The maximum Gasteiger partial charge on any atom is 0.256 e. The van der Waals surface area contributed by atoms with Crippen LogP contribution in [0.15, 0.2) is 29.1 Å². The number of hydrogen-bond acceptors (Lipinski definition) is 2. The molecule has 2 N–H and O–H groups in total. The Hall–Kier alpha value is -1.87. The van der Waals surface area contributed by atoms with Gasteiger partial charge >= 0.3 is 0 Å². The van der Waals surface area contributed by atoms with Crippen molar-refractivity contribution in [1.82, 2.24) is 4.57 Å². The molecule has 1 aromatic heterocycles. The Morgan fingerprint density at radius 1 is 1.10 bits per heavy atom. The van der Waals surface area contributed by atoms with Crippen LogP contribution in [0.25, 0.3) is 11.3 Å². The van der Waals surface area contributed by atoms with E-state index in [4.69, 9.17) is 5.73 Å². The fraction of sp³-hybridized carbons (Fsp3) is 0.389. The molecule has 0 amide bonds. The van der Waals surface area contributed by atoms with Gasteiger partial charge in [-0.1, -0.05) is 17.7 Å². The lowest BCUT2D eigenvalue weighted by Gasteiger charge is -2.21. The van der Waals surface area contributed by atoms with Crippen LogP contribution >= 0.6 is 0 Å². The second kappa shape index (κ2) is 5.86. The second-order valence-corrected chi connectivity index (χ2v) is 5.98. The molecule has 0 bridgehead atoms. The van der Waals surface area contributed by atoms with Crippen LogP contribution in [0.2, 0.25) is 0 Å². The Kier molecular flexibility index (Phi) is 4.33. The van der Waals surface area contributed by atoms with E-state index in [1.54, 1.807) is 0 Å². The van der Waals surface area contributed by atoms with Crippen LogP contribution < -0.4 is 11.3 Å². The van der Waals surface area contributed by atoms with E-state index >= 15 is 0 Å². The highest BCUT2D eigenvalue weighted by Gasteiger charge is 2.16. The number of benzene rings is 1. The molecule has 2 rings (SSSR count). The first-order chi connectivity index (χ1) is 9.86. The highest BCUT2D eigenvalue weighted by Crippen LogP contribution is 2.27. The molecule has 2 aromatic rings. The minimum absolute atomic E-state index is 0.0309. The highest BCUT2D eigenvalue weighted by molar-refractivity contribution is 5.66. The molecule has 0 aliphatic rings. The summed E-state index contributed by atoms with van der Waals surface area (Å²) in [6, 6.07) is 8.53. The van der Waals surface area contributed by atoms with E-state index in [0.717, 1.165) is 16.8 Å². The lowest BCUT2D eigenvalue weighted by atomic mass is 9.99. The van der Waals surface area contributed by atoms with Crippen molar-refractivity contribution in [3.05, 3.63) is 56.9 Å². The van der Waals surface area contributed by atoms with Gasteiger partial charge in [-0.3, -0.25) is 4.79 Å². The number of nitrogens with zero attached hydrogens (tertiary/aromatic N) is 1. The molecule has 3 nitrogen and oxygen atoms in total. The summed E-state index contributed by atoms with van der Waals surface area (Å²) in [5.74, 6) is 0. The van der Waals surface area contributed by atoms with Crippen molar-refractivity contribution in [3.63, 3.8) is 0 Å². The molecule has 0 aliphatic heterocycles. The van der Waals surface area contributed by atoms with Crippen molar-refractivity contribution in [2.75, 3.05) is 0 Å². The summed E-state index contributed by atoms with van der Waals surface area (Å²) in [6.45, 7) is 10.5. The molecule has 1 heterocycles. The Bertz CT molecular complexity index is 727. The van der Waals surface area contributed by atoms with Gasteiger partial charge in [-0.2, -0.15) is 0 Å². The Morgan fingerprint density at radius 2 is 1.76 bits per heavy atom. The third kappa shape index (κ3) is 2.79. The van der Waals surface area contributed by atoms with E-state index < -0.39 is 0 Å². The van der Waals surface area contributed by atoms with Gasteiger partial charge in [-0.25, -0.2) is 0 Å². The zero-order chi connectivity index (χ0) is 15.7. The molecule has 0 spiro atoms. The van der Waals surface area contributed by atoms with Gasteiger partial charge in [0, 0.05) is 23.7 Å². The zero-order valence-corrected chi connectivity index (χ0v) is 13.5. The van der Waals surface area contributed by atoms with Crippen molar-refractivity contribution in [2.45, 2.75) is 47.2 Å². The maximum atomic E-state index is 12.7. The summed E-state index contributed by atoms with van der Waals surface area (Å²) in [5.41, 5.74) is 11.9. The van der Waals surface area contributed by atoms with Crippen molar-refractivity contribution < 1.29 is 0 Å². The topological polar surface area (TPSA) is 48.0 Å².